The Bertz CT molecular complexity index is 320. The van der Waals surface area contributed by atoms with E-state index >= 15 is 0 Å². The quantitative estimate of drug-likeness (QED) is 0.913. The third-order valence-electron chi connectivity index (χ3n) is 2.37. The van der Waals surface area contributed by atoms with Crippen molar-refractivity contribution in [2.24, 2.45) is 5.92 Å². The Hall–Kier alpha value is -0.810. The van der Waals surface area contributed by atoms with Crippen LogP contribution in [-0.4, -0.2) is 24.8 Å². The molecule has 0 radical (unpaired) electrons. The smallest absolute Gasteiger partial charge is 0.159 e. The molecule has 0 amide bonds. The van der Waals surface area contributed by atoms with Gasteiger partial charge < -0.3 is 15.2 Å². The first-order chi connectivity index (χ1) is 7.27. The topological polar surface area (TPSA) is 57.4 Å². The average Bonchev–Trinajstić information content (AvgIpc) is 2.70. The molecule has 15 heavy (non-hydrogen) atoms. The summed E-state index contributed by atoms with van der Waals surface area (Å²) in [6.45, 7) is 2.26. The second-order valence-electron chi connectivity index (χ2n) is 3.58. The number of hydrogen-bond donors (Lipinski definition) is 1. The molecule has 1 aliphatic rings. The van der Waals surface area contributed by atoms with Crippen LogP contribution in [0.25, 0.3) is 0 Å². The first kappa shape index (κ1) is 10.7. The lowest BCUT2D eigenvalue weighted by molar-refractivity contribution is 0.167. The lowest BCUT2D eigenvalue weighted by Crippen LogP contribution is -2.12. The molecule has 1 fully saturated rings. The van der Waals surface area contributed by atoms with E-state index < -0.39 is 0 Å². The number of aromatic nitrogens is 1. The number of pyridine rings is 1. The third-order valence-corrected chi connectivity index (χ3v) is 2.93. The highest BCUT2D eigenvalue weighted by molar-refractivity contribution is 9.10. The Kier molecular flexibility index (Phi) is 3.43. The van der Waals surface area contributed by atoms with Crippen molar-refractivity contribution in [3.63, 3.8) is 0 Å². The van der Waals surface area contributed by atoms with Crippen LogP contribution in [0.5, 0.6) is 5.75 Å². The number of hydrogen-bond acceptors (Lipinski definition) is 4. The van der Waals surface area contributed by atoms with Crippen LogP contribution in [0.15, 0.2) is 16.9 Å². The van der Waals surface area contributed by atoms with Crippen LogP contribution < -0.4 is 10.5 Å². The summed E-state index contributed by atoms with van der Waals surface area (Å²) in [4.78, 5) is 3.95. The highest BCUT2D eigenvalue weighted by Crippen LogP contribution is 2.30. The van der Waals surface area contributed by atoms with Gasteiger partial charge in [-0.3, -0.25) is 4.98 Å². The van der Waals surface area contributed by atoms with Crippen molar-refractivity contribution in [2.75, 3.05) is 25.6 Å². The van der Waals surface area contributed by atoms with Gasteiger partial charge in [-0.15, -0.1) is 0 Å². The molecule has 4 nitrogen and oxygen atoms in total. The molecule has 5 heteroatoms. The van der Waals surface area contributed by atoms with E-state index in [0.717, 1.165) is 24.1 Å². The first-order valence-electron chi connectivity index (χ1n) is 4.87. The summed E-state index contributed by atoms with van der Waals surface area (Å²) in [5.41, 5.74) is 6.32. The highest BCUT2D eigenvalue weighted by atomic mass is 79.9. The maximum absolute atomic E-state index is 5.76. The van der Waals surface area contributed by atoms with Crippen molar-refractivity contribution < 1.29 is 9.47 Å². The molecule has 1 saturated heterocycles. The minimum atomic E-state index is 0.476. The normalized spacial score (nSPS) is 20.5. The Morgan fingerprint density at radius 1 is 1.60 bits per heavy atom. The molecule has 2 rings (SSSR count). The maximum Gasteiger partial charge on any atom is 0.159 e. The number of nitrogens with two attached hydrogens (primary N) is 1. The van der Waals surface area contributed by atoms with Crippen molar-refractivity contribution >= 4 is 21.6 Å². The third kappa shape index (κ3) is 2.60. The Morgan fingerprint density at radius 2 is 2.47 bits per heavy atom. The van der Waals surface area contributed by atoms with E-state index in [1.165, 1.54) is 0 Å². The summed E-state index contributed by atoms with van der Waals surface area (Å²) >= 11 is 3.36. The minimum Gasteiger partial charge on any atom is -0.490 e. The zero-order valence-corrected chi connectivity index (χ0v) is 9.87. The monoisotopic (exact) mass is 272 g/mol. The van der Waals surface area contributed by atoms with Crippen LogP contribution in [-0.2, 0) is 4.74 Å². The van der Waals surface area contributed by atoms with Crippen molar-refractivity contribution in [3.05, 3.63) is 16.9 Å². The van der Waals surface area contributed by atoms with Gasteiger partial charge in [0.15, 0.2) is 5.75 Å². The molecule has 2 heterocycles. The van der Waals surface area contributed by atoms with Gasteiger partial charge in [0.25, 0.3) is 0 Å². The summed E-state index contributed by atoms with van der Waals surface area (Å²) in [7, 11) is 0. The summed E-state index contributed by atoms with van der Waals surface area (Å²) < 4.78 is 11.7. The molecule has 0 aliphatic carbocycles. The van der Waals surface area contributed by atoms with E-state index in [9.17, 15) is 0 Å². The fraction of sp³-hybridized carbons (Fsp3) is 0.500. The molecule has 1 aromatic rings. The molecule has 1 atom stereocenters. The Balaban J connectivity index is 1.97. The predicted molar refractivity (Wildman–Crippen MR) is 60.8 cm³/mol. The minimum absolute atomic E-state index is 0.476. The number of nitrogens with zero attached hydrogens (tertiary/aromatic N) is 1. The van der Waals surface area contributed by atoms with Crippen molar-refractivity contribution in [2.45, 2.75) is 6.42 Å². The standard InChI is InChI=1S/C10H13BrN2O2/c11-8-3-13-4-9(12)10(8)15-6-7-1-2-14-5-7/h3-4,7H,1-2,5-6,12H2. The summed E-state index contributed by atoms with van der Waals surface area (Å²) in [5, 5.41) is 0. The van der Waals surface area contributed by atoms with Gasteiger partial charge in [-0.25, -0.2) is 0 Å². The van der Waals surface area contributed by atoms with E-state index in [0.29, 0.717) is 24.0 Å². The number of nitrogen functional groups attached to an aromatic ring is 1. The van der Waals surface area contributed by atoms with Gasteiger partial charge in [0.2, 0.25) is 0 Å². The van der Waals surface area contributed by atoms with Gasteiger partial charge in [0.05, 0.1) is 29.6 Å². The van der Waals surface area contributed by atoms with Gasteiger partial charge in [0.1, 0.15) is 0 Å². The van der Waals surface area contributed by atoms with Crippen LogP contribution in [0.3, 0.4) is 0 Å². The molecular formula is C10H13BrN2O2. The maximum atomic E-state index is 5.76. The summed E-state index contributed by atoms with van der Waals surface area (Å²) in [6, 6.07) is 0. The molecule has 0 aromatic carbocycles. The number of halogens is 1. The molecule has 0 spiro atoms. The van der Waals surface area contributed by atoms with Gasteiger partial charge >= 0.3 is 0 Å². The van der Waals surface area contributed by atoms with Gasteiger partial charge in [0, 0.05) is 18.7 Å². The SMILES string of the molecule is Nc1cncc(Br)c1OCC1CCOC1. The van der Waals surface area contributed by atoms with E-state index in [2.05, 4.69) is 20.9 Å². The summed E-state index contributed by atoms with van der Waals surface area (Å²) in [6.07, 6.45) is 4.32. The molecule has 2 N–H and O–H groups in total. The number of anilines is 1. The average molecular weight is 273 g/mol. The van der Waals surface area contributed by atoms with E-state index in [4.69, 9.17) is 15.2 Å². The van der Waals surface area contributed by atoms with Gasteiger partial charge in [-0.2, -0.15) is 0 Å². The Labute approximate surface area is 96.9 Å². The van der Waals surface area contributed by atoms with Crippen LogP contribution in [0.2, 0.25) is 0 Å². The first-order valence-corrected chi connectivity index (χ1v) is 5.66. The second-order valence-corrected chi connectivity index (χ2v) is 4.43. The van der Waals surface area contributed by atoms with E-state index in [1.54, 1.807) is 12.4 Å². The molecule has 1 aromatic heterocycles. The molecule has 0 saturated carbocycles. The lowest BCUT2D eigenvalue weighted by atomic mass is 10.1. The van der Waals surface area contributed by atoms with Crippen LogP contribution in [0.1, 0.15) is 6.42 Å². The fourth-order valence-electron chi connectivity index (χ4n) is 1.51. The molecule has 1 aliphatic heterocycles. The molecule has 82 valence electrons. The van der Waals surface area contributed by atoms with Gasteiger partial charge in [-0.05, 0) is 22.4 Å². The number of rotatable bonds is 3. The molecule has 1 unspecified atom stereocenters. The highest BCUT2D eigenvalue weighted by Gasteiger charge is 2.17. The summed E-state index contributed by atoms with van der Waals surface area (Å²) in [5.74, 6) is 1.15. The molecular weight excluding hydrogens is 260 g/mol. The van der Waals surface area contributed by atoms with Gasteiger partial charge in [-0.1, -0.05) is 0 Å². The second kappa shape index (κ2) is 4.81. The van der Waals surface area contributed by atoms with E-state index in [1.807, 2.05) is 0 Å². The largest absolute Gasteiger partial charge is 0.490 e. The fourth-order valence-corrected chi connectivity index (χ4v) is 1.97. The van der Waals surface area contributed by atoms with Crippen molar-refractivity contribution in [1.82, 2.24) is 4.98 Å². The predicted octanol–water partition coefficient (Wildman–Crippen LogP) is 1.84. The number of ether oxygens (including phenoxy) is 2. The zero-order valence-electron chi connectivity index (χ0n) is 8.28. The zero-order chi connectivity index (χ0) is 10.7. The van der Waals surface area contributed by atoms with Crippen LogP contribution in [0, 0.1) is 5.92 Å². The van der Waals surface area contributed by atoms with Crippen molar-refractivity contribution in [3.8, 4) is 5.75 Å². The van der Waals surface area contributed by atoms with Crippen molar-refractivity contribution in [1.29, 1.82) is 0 Å². The Morgan fingerprint density at radius 3 is 3.13 bits per heavy atom. The lowest BCUT2D eigenvalue weighted by Gasteiger charge is -2.12. The molecule has 0 bridgehead atoms. The van der Waals surface area contributed by atoms with Crippen LogP contribution >= 0.6 is 15.9 Å². The van der Waals surface area contributed by atoms with Crippen LogP contribution in [0.4, 0.5) is 5.69 Å². The van der Waals surface area contributed by atoms with E-state index in [-0.39, 0.29) is 0 Å².